The molecule has 30 heavy (non-hydrogen) atoms. The van der Waals surface area contributed by atoms with E-state index in [0.29, 0.717) is 5.15 Å². The minimum atomic E-state index is -0.00333. The molecule has 2 aromatic rings. The molecule has 8 heteroatoms. The minimum Gasteiger partial charge on any atom is -0.396 e. The number of pyridine rings is 1. The molecule has 4 heterocycles. The first-order valence-corrected chi connectivity index (χ1v) is 11.6. The second kappa shape index (κ2) is 9.63. The van der Waals surface area contributed by atoms with Gasteiger partial charge in [0.05, 0.1) is 31.0 Å². The van der Waals surface area contributed by atoms with E-state index < -0.39 is 0 Å². The predicted octanol–water partition coefficient (Wildman–Crippen LogP) is 3.02. The van der Waals surface area contributed by atoms with Crippen LogP contribution in [0.5, 0.6) is 0 Å². The Labute approximate surface area is 186 Å². The van der Waals surface area contributed by atoms with Gasteiger partial charge in [-0.1, -0.05) is 24.4 Å². The Balaban J connectivity index is 1.47. The second-order valence-electron chi connectivity index (χ2n) is 8.25. The van der Waals surface area contributed by atoms with Crippen LogP contribution in [0.25, 0.3) is 0 Å². The highest BCUT2D eigenvalue weighted by molar-refractivity contribution is 7.09. The number of aliphatic hydroxyl groups excluding tert-OH is 1. The van der Waals surface area contributed by atoms with Crippen LogP contribution in [-0.4, -0.2) is 66.0 Å². The highest BCUT2D eigenvalue weighted by atomic mass is 35.5. The number of piperidine rings is 1. The number of ether oxygens (including phenoxy) is 1. The fourth-order valence-electron chi connectivity index (χ4n) is 3.75. The minimum absolute atomic E-state index is 0.00333. The molecule has 2 aromatic heterocycles. The summed E-state index contributed by atoms with van der Waals surface area (Å²) in [6.45, 7) is 8.43. The van der Waals surface area contributed by atoms with Gasteiger partial charge in [0, 0.05) is 50.4 Å². The van der Waals surface area contributed by atoms with E-state index in [9.17, 15) is 5.11 Å². The maximum Gasteiger partial charge on any atom is 0.131 e. The van der Waals surface area contributed by atoms with Gasteiger partial charge in [-0.3, -0.25) is 4.90 Å². The molecule has 6 nitrogen and oxygen atoms in total. The quantitative estimate of drug-likeness (QED) is 0.575. The largest absolute Gasteiger partial charge is 0.396 e. The zero-order valence-corrected chi connectivity index (χ0v) is 18.8. The molecule has 2 aliphatic rings. The Morgan fingerprint density at radius 2 is 2.00 bits per heavy atom. The first-order valence-electron chi connectivity index (χ1n) is 10.3. The second-order valence-corrected chi connectivity index (χ2v) is 9.57. The fourth-order valence-corrected chi connectivity index (χ4v) is 4.67. The third kappa shape index (κ3) is 5.32. The molecule has 160 valence electrons. The Bertz CT molecular complexity index is 925. The molecule has 0 saturated carbocycles. The molecule has 4 rings (SSSR count). The number of hydrogen-bond acceptors (Lipinski definition) is 7. The molecule has 0 radical (unpaired) electrons. The number of thiazole rings is 1. The van der Waals surface area contributed by atoms with Gasteiger partial charge in [0.2, 0.25) is 0 Å². The standard InChI is InChI=1S/C22H27ClN4O2S/c1-22(16-28)4-6-27(7-5-22)19-12-20(23)24-13-17(19)2-3-18-15-30-21(25-18)14-26-8-10-29-11-9-26/h12-13,15,28H,4-11,14,16H2,1H3. The molecule has 2 saturated heterocycles. The summed E-state index contributed by atoms with van der Waals surface area (Å²) in [6.07, 6.45) is 3.62. The Morgan fingerprint density at radius 3 is 2.73 bits per heavy atom. The van der Waals surface area contributed by atoms with Gasteiger partial charge in [0.25, 0.3) is 0 Å². The van der Waals surface area contributed by atoms with E-state index in [-0.39, 0.29) is 12.0 Å². The number of halogens is 1. The van der Waals surface area contributed by atoms with Crippen LogP contribution in [0.4, 0.5) is 5.69 Å². The zero-order chi connectivity index (χ0) is 21.0. The molecule has 0 atom stereocenters. The lowest BCUT2D eigenvalue weighted by atomic mass is 9.81. The summed E-state index contributed by atoms with van der Waals surface area (Å²) in [5.74, 6) is 6.46. The van der Waals surface area contributed by atoms with Crippen molar-refractivity contribution in [3.63, 3.8) is 0 Å². The number of rotatable bonds is 4. The van der Waals surface area contributed by atoms with Crippen molar-refractivity contribution in [2.75, 3.05) is 50.9 Å². The SMILES string of the molecule is CC1(CO)CCN(c2cc(Cl)ncc2C#Cc2csc(CN3CCOCC3)n2)CC1. The Kier molecular flexibility index (Phi) is 6.91. The fraction of sp³-hybridized carbons (Fsp3) is 0.545. The van der Waals surface area contributed by atoms with Crippen LogP contribution >= 0.6 is 22.9 Å². The third-order valence-corrected chi connectivity index (χ3v) is 6.92. The van der Waals surface area contributed by atoms with Crippen LogP contribution in [0.1, 0.15) is 36.0 Å². The van der Waals surface area contributed by atoms with E-state index >= 15 is 0 Å². The van der Waals surface area contributed by atoms with Crippen LogP contribution in [0.2, 0.25) is 5.15 Å². The molecule has 0 aliphatic carbocycles. The number of morpholine rings is 1. The van der Waals surface area contributed by atoms with Crippen molar-refractivity contribution in [1.82, 2.24) is 14.9 Å². The van der Waals surface area contributed by atoms with Crippen molar-refractivity contribution in [1.29, 1.82) is 0 Å². The number of aliphatic hydroxyl groups is 1. The van der Waals surface area contributed by atoms with Crippen LogP contribution in [0, 0.1) is 17.3 Å². The molecule has 1 N–H and O–H groups in total. The van der Waals surface area contributed by atoms with Gasteiger partial charge < -0.3 is 14.7 Å². The summed E-state index contributed by atoms with van der Waals surface area (Å²) in [5.41, 5.74) is 2.65. The molecule has 0 unspecified atom stereocenters. The van der Waals surface area contributed by atoms with E-state index in [1.54, 1.807) is 17.5 Å². The Morgan fingerprint density at radius 1 is 1.23 bits per heavy atom. The monoisotopic (exact) mass is 446 g/mol. The molecule has 0 spiro atoms. The average Bonchev–Trinajstić information content (AvgIpc) is 3.21. The van der Waals surface area contributed by atoms with Gasteiger partial charge in [-0.15, -0.1) is 11.3 Å². The summed E-state index contributed by atoms with van der Waals surface area (Å²) < 4.78 is 5.40. The van der Waals surface area contributed by atoms with Crippen molar-refractivity contribution < 1.29 is 9.84 Å². The number of aromatic nitrogens is 2. The van der Waals surface area contributed by atoms with E-state index in [1.165, 1.54) is 0 Å². The van der Waals surface area contributed by atoms with Gasteiger partial charge in [-0.2, -0.15) is 0 Å². The van der Waals surface area contributed by atoms with E-state index in [2.05, 4.69) is 38.5 Å². The molecule has 0 aromatic carbocycles. The van der Waals surface area contributed by atoms with Crippen LogP contribution in [0.15, 0.2) is 17.6 Å². The molecule has 0 amide bonds. The van der Waals surface area contributed by atoms with Crippen molar-refractivity contribution >= 4 is 28.6 Å². The molecule has 0 bridgehead atoms. The lowest BCUT2D eigenvalue weighted by molar-refractivity contribution is 0.0341. The first-order chi connectivity index (χ1) is 14.5. The summed E-state index contributed by atoms with van der Waals surface area (Å²) in [6, 6.07) is 1.89. The van der Waals surface area contributed by atoms with Gasteiger partial charge in [-0.25, -0.2) is 9.97 Å². The van der Waals surface area contributed by atoms with E-state index in [4.69, 9.17) is 16.3 Å². The predicted molar refractivity (Wildman–Crippen MR) is 120 cm³/mol. The molecular weight excluding hydrogens is 420 g/mol. The number of nitrogens with zero attached hydrogens (tertiary/aromatic N) is 4. The Hall–Kier alpha value is -1.69. The van der Waals surface area contributed by atoms with Gasteiger partial charge in [0.1, 0.15) is 15.9 Å². The first kappa shape index (κ1) is 21.5. The summed E-state index contributed by atoms with van der Waals surface area (Å²) in [5, 5.41) is 13.2. The van der Waals surface area contributed by atoms with Crippen molar-refractivity contribution in [2.24, 2.45) is 5.41 Å². The zero-order valence-electron chi connectivity index (χ0n) is 17.2. The van der Waals surface area contributed by atoms with Crippen molar-refractivity contribution in [3.05, 3.63) is 39.1 Å². The highest BCUT2D eigenvalue weighted by Crippen LogP contribution is 2.34. The molecule has 2 aliphatic heterocycles. The van der Waals surface area contributed by atoms with Crippen LogP contribution in [0.3, 0.4) is 0 Å². The molecule has 2 fully saturated rings. The number of anilines is 1. The van der Waals surface area contributed by atoms with Gasteiger partial charge in [0.15, 0.2) is 0 Å². The van der Waals surface area contributed by atoms with Gasteiger partial charge in [-0.05, 0) is 24.2 Å². The lowest BCUT2D eigenvalue weighted by Crippen LogP contribution is -2.40. The molecular formula is C22H27ClN4O2S. The van der Waals surface area contributed by atoms with Crippen LogP contribution in [-0.2, 0) is 11.3 Å². The normalized spacial score (nSPS) is 19.4. The summed E-state index contributed by atoms with van der Waals surface area (Å²) in [7, 11) is 0. The van der Waals surface area contributed by atoms with Crippen molar-refractivity contribution in [2.45, 2.75) is 26.3 Å². The van der Waals surface area contributed by atoms with Gasteiger partial charge >= 0.3 is 0 Å². The van der Waals surface area contributed by atoms with E-state index in [0.717, 1.165) is 80.7 Å². The maximum absolute atomic E-state index is 9.63. The lowest BCUT2D eigenvalue weighted by Gasteiger charge is -2.39. The van der Waals surface area contributed by atoms with E-state index in [1.807, 2.05) is 11.4 Å². The highest BCUT2D eigenvalue weighted by Gasteiger charge is 2.30. The van der Waals surface area contributed by atoms with Crippen LogP contribution < -0.4 is 4.90 Å². The third-order valence-electron chi connectivity index (χ3n) is 5.88. The maximum atomic E-state index is 9.63. The number of hydrogen-bond donors (Lipinski definition) is 1. The summed E-state index contributed by atoms with van der Waals surface area (Å²) >= 11 is 7.83. The smallest absolute Gasteiger partial charge is 0.131 e. The summed E-state index contributed by atoms with van der Waals surface area (Å²) in [4.78, 5) is 13.6. The average molecular weight is 447 g/mol. The topological polar surface area (TPSA) is 61.7 Å². The van der Waals surface area contributed by atoms with Crippen molar-refractivity contribution in [3.8, 4) is 11.8 Å².